The van der Waals surface area contributed by atoms with Crippen molar-refractivity contribution in [1.29, 1.82) is 0 Å². The van der Waals surface area contributed by atoms with E-state index < -0.39 is 0 Å². The van der Waals surface area contributed by atoms with E-state index >= 15 is 0 Å². The van der Waals surface area contributed by atoms with Crippen LogP contribution in [0.2, 0.25) is 0 Å². The number of nitrogens with zero attached hydrogens (tertiary/aromatic N) is 3. The molecule has 0 saturated carbocycles. The molecule has 0 saturated heterocycles. The molecule has 0 spiro atoms. The van der Waals surface area contributed by atoms with Crippen LogP contribution in [0.1, 0.15) is 0 Å². The summed E-state index contributed by atoms with van der Waals surface area (Å²) in [5.74, 6) is 0.867. The number of aromatic nitrogens is 3. The zero-order valence-electron chi connectivity index (χ0n) is 32.0. The van der Waals surface area contributed by atoms with Crippen LogP contribution in [0.5, 0.6) is 0 Å². The molecule has 0 aliphatic heterocycles. The first-order valence-electron chi connectivity index (χ1n) is 18.6. The molecule has 9 aromatic rings. The normalized spacial score (nSPS) is 11.4. The Morgan fingerprint density at radius 2 is 0.600 bits per heavy atom. The molecule has 0 aliphatic carbocycles. The van der Waals surface area contributed by atoms with E-state index in [2.05, 4.69) is 0 Å². The van der Waals surface area contributed by atoms with Gasteiger partial charge in [-0.2, -0.15) is 0 Å². The molecule has 4 nitrogen and oxygen atoms in total. The maximum Gasteiger partial charge on any atom is 0.164 e. The topological polar surface area (TPSA) is 51.8 Å². The van der Waals surface area contributed by atoms with E-state index in [0.29, 0.717) is 28.2 Å². The molecule has 15 heteroatoms. The van der Waals surface area contributed by atoms with Gasteiger partial charge in [-0.05, 0) is 38.8 Å². The Labute approximate surface area is 362 Å². The van der Waals surface area contributed by atoms with Gasteiger partial charge in [-0.1, -0.05) is 142 Å². The molecule has 0 aliphatic rings. The molecular formula is C45H18B11N3O. The van der Waals surface area contributed by atoms with Gasteiger partial charge < -0.3 is 4.42 Å². The van der Waals surface area contributed by atoms with Gasteiger partial charge in [0.15, 0.2) is 17.5 Å². The van der Waals surface area contributed by atoms with E-state index in [0.717, 1.165) is 22.3 Å². The van der Waals surface area contributed by atoms with E-state index in [-0.39, 0.29) is 99.2 Å². The van der Waals surface area contributed by atoms with Crippen LogP contribution in [-0.4, -0.2) is 101 Å². The molecule has 22 radical (unpaired) electrons. The van der Waals surface area contributed by atoms with Crippen molar-refractivity contribution in [2.75, 3.05) is 0 Å². The number of hydrogen-bond acceptors (Lipinski definition) is 4. The first kappa shape index (κ1) is 39.5. The van der Waals surface area contributed by atoms with Crippen LogP contribution in [0, 0.1) is 0 Å². The highest BCUT2D eigenvalue weighted by atomic mass is 16.3. The summed E-state index contributed by atoms with van der Waals surface area (Å²) in [6.45, 7) is 0. The van der Waals surface area contributed by atoms with Crippen LogP contribution in [0.4, 0.5) is 0 Å². The fourth-order valence-corrected chi connectivity index (χ4v) is 7.62. The molecule has 60 heavy (non-hydrogen) atoms. The minimum atomic E-state index is -0.00305. The molecule has 7 aromatic carbocycles. The molecular weight excluding hydrogens is 717 g/mol. The first-order chi connectivity index (χ1) is 28.8. The Balaban J connectivity index is 1.31. The molecule has 0 amide bonds. The molecule has 0 unspecified atom stereocenters. The van der Waals surface area contributed by atoms with E-state index in [1.807, 2.05) is 109 Å². The highest BCUT2D eigenvalue weighted by Gasteiger charge is 2.27. The average Bonchev–Trinajstić information content (AvgIpc) is 3.69. The van der Waals surface area contributed by atoms with Gasteiger partial charge in [-0.3, -0.25) is 0 Å². The van der Waals surface area contributed by atoms with Crippen LogP contribution in [-0.2, 0) is 0 Å². The van der Waals surface area contributed by atoms with Crippen molar-refractivity contribution in [2.45, 2.75) is 0 Å². The Kier molecular flexibility index (Phi) is 10.1. The second kappa shape index (κ2) is 15.3. The van der Waals surface area contributed by atoms with Gasteiger partial charge in [0.25, 0.3) is 0 Å². The van der Waals surface area contributed by atoms with Crippen molar-refractivity contribution < 1.29 is 4.42 Å². The second-order valence-corrected chi connectivity index (χ2v) is 14.4. The number of benzene rings is 7. The van der Waals surface area contributed by atoms with Gasteiger partial charge in [0, 0.05) is 27.5 Å². The molecule has 0 N–H and O–H groups in total. The highest BCUT2D eigenvalue weighted by Crippen LogP contribution is 2.34. The van der Waals surface area contributed by atoms with Crippen molar-refractivity contribution in [1.82, 2.24) is 15.0 Å². The van der Waals surface area contributed by atoms with Crippen LogP contribution in [0.15, 0.2) is 114 Å². The molecule has 0 fully saturated rings. The van der Waals surface area contributed by atoms with Crippen LogP contribution >= 0.6 is 0 Å². The highest BCUT2D eigenvalue weighted by molar-refractivity contribution is 6.71. The maximum absolute atomic E-state index is 6.92. The lowest BCUT2D eigenvalue weighted by atomic mass is 9.57. The molecule has 0 bridgehead atoms. The largest absolute Gasteiger partial charge is 0.457 e. The Hall–Kier alpha value is -5.94. The number of fused-ring (bicyclic) bond motifs is 3. The Morgan fingerprint density at radius 3 is 1.08 bits per heavy atom. The minimum Gasteiger partial charge on any atom is -0.457 e. The fourth-order valence-electron chi connectivity index (χ4n) is 7.62. The summed E-state index contributed by atoms with van der Waals surface area (Å²) in [6, 6.07) is 35.9. The SMILES string of the molecule is [B]c1c([B])c([B])c(-c2c([B])c([B])c3c(oc4c([B])c([B])c([B])c(-c5nc(-c6ccc(-c7ccccc7)cc6)nc(-c6ccc(-c7ccccc7)cc6)n5)c43)c2[B])c([B])c1[B]. The predicted octanol–water partition coefficient (Wildman–Crippen LogP) is -1.50. The smallest absolute Gasteiger partial charge is 0.164 e. The lowest BCUT2D eigenvalue weighted by molar-refractivity contribution is 0.675. The summed E-state index contributed by atoms with van der Waals surface area (Å²) in [6.07, 6.45) is 0. The van der Waals surface area contributed by atoms with Crippen LogP contribution in [0.3, 0.4) is 0 Å². The summed E-state index contributed by atoms with van der Waals surface area (Å²) >= 11 is 0. The quantitative estimate of drug-likeness (QED) is 0.196. The molecule has 0 atom stereocenters. The molecule has 252 valence electrons. The van der Waals surface area contributed by atoms with E-state index in [9.17, 15) is 0 Å². The van der Waals surface area contributed by atoms with Crippen molar-refractivity contribution in [2.24, 2.45) is 0 Å². The van der Waals surface area contributed by atoms with E-state index in [4.69, 9.17) is 106 Å². The molecule has 9 rings (SSSR count). The minimum absolute atomic E-state index is 0.000000336. The average molecular weight is 736 g/mol. The third kappa shape index (κ3) is 6.36. The monoisotopic (exact) mass is 737 g/mol. The number of hydrogen-bond donors (Lipinski definition) is 0. The third-order valence-electron chi connectivity index (χ3n) is 10.9. The summed E-state index contributed by atoms with van der Waals surface area (Å²) in [4.78, 5) is 15.0. The van der Waals surface area contributed by atoms with Gasteiger partial charge in [-0.25, -0.2) is 15.0 Å². The Morgan fingerprint density at radius 1 is 0.267 bits per heavy atom. The molecule has 2 aromatic heterocycles. The summed E-state index contributed by atoms with van der Waals surface area (Å²) < 4.78 is 6.45. The van der Waals surface area contributed by atoms with E-state index in [1.165, 1.54) is 0 Å². The zero-order valence-corrected chi connectivity index (χ0v) is 32.0. The van der Waals surface area contributed by atoms with Crippen LogP contribution in [0.25, 0.3) is 89.5 Å². The van der Waals surface area contributed by atoms with Crippen molar-refractivity contribution in [3.8, 4) is 67.5 Å². The standard InChI is InChI=1S/C45H18B11N3O/c46-30-27(26-31(47)36(52)39(55)37(53)32(26)48)35(51)42-28(33(30)49)25-29(34(50)38(54)40(56)41(25)60-42)45-58-43(23-15-11-21(12-16-23)19-7-3-1-4-8-19)57-44(59-45)24-17-13-22(14-18-24)20-9-5-2-6-10-20/h1-18H. The van der Waals surface area contributed by atoms with E-state index in [1.54, 1.807) is 0 Å². The van der Waals surface area contributed by atoms with Gasteiger partial charge >= 0.3 is 0 Å². The van der Waals surface area contributed by atoms with Gasteiger partial charge in [0.2, 0.25) is 0 Å². The molecule has 2 heterocycles. The zero-order chi connectivity index (χ0) is 42.1. The first-order valence-corrected chi connectivity index (χ1v) is 18.6. The third-order valence-corrected chi connectivity index (χ3v) is 10.9. The number of rotatable bonds is 6. The summed E-state index contributed by atoms with van der Waals surface area (Å²) in [5, 5.41) is 0.588. The maximum atomic E-state index is 6.92. The lowest BCUT2D eigenvalue weighted by Crippen LogP contribution is -2.56. The van der Waals surface area contributed by atoms with Crippen LogP contribution < -0.4 is 60.1 Å². The summed E-state index contributed by atoms with van der Waals surface area (Å²) in [7, 11) is 72.2. The van der Waals surface area contributed by atoms with Gasteiger partial charge in [0.05, 0.1) is 0 Å². The summed E-state index contributed by atoms with van der Waals surface area (Å²) in [5.41, 5.74) is 6.50. The second-order valence-electron chi connectivity index (χ2n) is 14.4. The van der Waals surface area contributed by atoms with Gasteiger partial charge in [-0.15, -0.1) is 21.9 Å². The number of furan rings is 1. The van der Waals surface area contributed by atoms with Crippen molar-refractivity contribution in [3.63, 3.8) is 0 Å². The fraction of sp³-hybridized carbons (Fsp3) is 0. The van der Waals surface area contributed by atoms with Crippen molar-refractivity contribution in [3.05, 3.63) is 109 Å². The lowest BCUT2D eigenvalue weighted by Gasteiger charge is -2.25. The van der Waals surface area contributed by atoms with Gasteiger partial charge in [0.1, 0.15) is 97.5 Å². The van der Waals surface area contributed by atoms with Crippen molar-refractivity contribution >= 4 is 168 Å². The predicted molar refractivity (Wildman–Crippen MR) is 259 cm³/mol. The Bertz CT molecular complexity index is 3060.